The Morgan fingerprint density at radius 2 is 1.71 bits per heavy atom. The van der Waals surface area contributed by atoms with Crippen LogP contribution in [0.5, 0.6) is 5.75 Å². The first kappa shape index (κ1) is 20.5. The van der Waals surface area contributed by atoms with E-state index in [-0.39, 0.29) is 0 Å². The van der Waals surface area contributed by atoms with Crippen LogP contribution in [0.3, 0.4) is 0 Å². The van der Waals surface area contributed by atoms with Crippen LogP contribution in [-0.2, 0) is 10.0 Å². The molecule has 1 saturated heterocycles. The van der Waals surface area contributed by atoms with Crippen molar-refractivity contribution in [2.75, 3.05) is 32.8 Å². The quantitative estimate of drug-likeness (QED) is 0.432. The number of ether oxygens (including phenoxy) is 1. The van der Waals surface area contributed by atoms with Gasteiger partial charge < -0.3 is 4.74 Å². The molecular weight excluding hydrogens is 428 g/mol. The SMILES string of the molecule is O=S(=O)(NCC1CN(CCOc2cccc3ccccc23)C1)c1csc2ccccc12. The van der Waals surface area contributed by atoms with Crippen LogP contribution in [0.25, 0.3) is 20.9 Å². The molecule has 3 aromatic carbocycles. The van der Waals surface area contributed by atoms with E-state index in [0.717, 1.165) is 40.9 Å². The minimum atomic E-state index is -3.49. The maximum atomic E-state index is 12.7. The second kappa shape index (κ2) is 8.59. The molecule has 0 aliphatic carbocycles. The van der Waals surface area contributed by atoms with Crippen LogP contribution in [0.2, 0.25) is 0 Å². The number of nitrogens with one attached hydrogen (secondary N) is 1. The van der Waals surface area contributed by atoms with E-state index in [2.05, 4.69) is 27.8 Å². The summed E-state index contributed by atoms with van der Waals surface area (Å²) in [6.45, 7) is 3.68. The molecule has 0 unspecified atom stereocenters. The van der Waals surface area contributed by atoms with Crippen molar-refractivity contribution < 1.29 is 13.2 Å². The maximum Gasteiger partial charge on any atom is 0.242 e. The Morgan fingerprint density at radius 3 is 2.58 bits per heavy atom. The first-order valence-electron chi connectivity index (χ1n) is 10.4. The van der Waals surface area contributed by atoms with Crippen molar-refractivity contribution in [2.24, 2.45) is 5.92 Å². The molecule has 1 fully saturated rings. The average molecular weight is 453 g/mol. The van der Waals surface area contributed by atoms with E-state index >= 15 is 0 Å². The van der Waals surface area contributed by atoms with Gasteiger partial charge in [-0.1, -0.05) is 54.6 Å². The van der Waals surface area contributed by atoms with Gasteiger partial charge in [0, 0.05) is 47.0 Å². The van der Waals surface area contributed by atoms with Gasteiger partial charge in [-0.25, -0.2) is 13.1 Å². The highest BCUT2D eigenvalue weighted by Gasteiger charge is 2.28. The molecule has 2 heterocycles. The zero-order valence-electron chi connectivity index (χ0n) is 17.0. The normalized spacial score (nSPS) is 15.4. The van der Waals surface area contributed by atoms with Crippen molar-refractivity contribution in [3.05, 3.63) is 72.1 Å². The number of hydrogen-bond donors (Lipinski definition) is 1. The smallest absolute Gasteiger partial charge is 0.242 e. The molecule has 1 N–H and O–H groups in total. The molecule has 160 valence electrons. The molecule has 0 amide bonds. The fourth-order valence-corrected chi connectivity index (χ4v) is 6.68. The van der Waals surface area contributed by atoms with E-state index in [1.807, 2.05) is 48.5 Å². The Balaban J connectivity index is 1.09. The monoisotopic (exact) mass is 452 g/mol. The third-order valence-electron chi connectivity index (χ3n) is 5.74. The highest BCUT2D eigenvalue weighted by atomic mass is 32.2. The van der Waals surface area contributed by atoms with Crippen LogP contribution < -0.4 is 9.46 Å². The van der Waals surface area contributed by atoms with Gasteiger partial charge >= 0.3 is 0 Å². The van der Waals surface area contributed by atoms with Crippen molar-refractivity contribution in [3.63, 3.8) is 0 Å². The number of rotatable bonds is 8. The lowest BCUT2D eigenvalue weighted by molar-refractivity contribution is 0.0857. The third-order valence-corrected chi connectivity index (χ3v) is 8.32. The molecule has 4 aromatic rings. The molecule has 1 aliphatic rings. The van der Waals surface area contributed by atoms with Gasteiger partial charge in [0.2, 0.25) is 10.0 Å². The van der Waals surface area contributed by atoms with E-state index in [9.17, 15) is 8.42 Å². The predicted octanol–water partition coefficient (Wildman–Crippen LogP) is 4.34. The number of hydrogen-bond acceptors (Lipinski definition) is 5. The van der Waals surface area contributed by atoms with E-state index in [1.165, 1.54) is 16.7 Å². The summed E-state index contributed by atoms with van der Waals surface area (Å²) in [5, 5.41) is 4.82. The summed E-state index contributed by atoms with van der Waals surface area (Å²) in [4.78, 5) is 2.68. The van der Waals surface area contributed by atoms with E-state index in [4.69, 9.17) is 4.74 Å². The number of thiophene rings is 1. The summed E-state index contributed by atoms with van der Waals surface area (Å²) in [7, 11) is -3.49. The summed E-state index contributed by atoms with van der Waals surface area (Å²) >= 11 is 1.46. The molecule has 7 heteroatoms. The highest BCUT2D eigenvalue weighted by Crippen LogP contribution is 2.29. The molecule has 1 aliphatic heterocycles. The van der Waals surface area contributed by atoms with Crippen molar-refractivity contribution >= 4 is 42.2 Å². The van der Waals surface area contributed by atoms with Crippen LogP contribution in [-0.4, -0.2) is 46.1 Å². The van der Waals surface area contributed by atoms with Gasteiger partial charge in [0.15, 0.2) is 0 Å². The molecular formula is C24H24N2O3S2. The van der Waals surface area contributed by atoms with E-state index in [0.29, 0.717) is 24.0 Å². The number of nitrogens with zero attached hydrogens (tertiary/aromatic N) is 1. The van der Waals surface area contributed by atoms with Gasteiger partial charge in [0.1, 0.15) is 17.3 Å². The summed E-state index contributed by atoms with van der Waals surface area (Å²) < 4.78 is 35.3. The van der Waals surface area contributed by atoms with Crippen LogP contribution in [0.15, 0.2) is 77.0 Å². The van der Waals surface area contributed by atoms with Gasteiger partial charge in [-0.05, 0) is 23.4 Å². The lowest BCUT2D eigenvalue weighted by Gasteiger charge is -2.39. The van der Waals surface area contributed by atoms with E-state index in [1.54, 1.807) is 5.38 Å². The van der Waals surface area contributed by atoms with Crippen LogP contribution >= 0.6 is 11.3 Å². The van der Waals surface area contributed by atoms with Gasteiger partial charge in [-0.3, -0.25) is 4.90 Å². The third kappa shape index (κ3) is 4.32. The second-order valence-electron chi connectivity index (χ2n) is 7.90. The highest BCUT2D eigenvalue weighted by molar-refractivity contribution is 7.90. The number of benzene rings is 3. The average Bonchev–Trinajstić information content (AvgIpc) is 3.20. The van der Waals surface area contributed by atoms with E-state index < -0.39 is 10.0 Å². The van der Waals surface area contributed by atoms with Gasteiger partial charge in [-0.2, -0.15) is 0 Å². The lowest BCUT2D eigenvalue weighted by Crippen LogP contribution is -2.52. The van der Waals surface area contributed by atoms with Crippen LogP contribution in [0.1, 0.15) is 0 Å². The molecule has 31 heavy (non-hydrogen) atoms. The zero-order valence-corrected chi connectivity index (χ0v) is 18.7. The van der Waals surface area contributed by atoms with Gasteiger partial charge in [-0.15, -0.1) is 11.3 Å². The summed E-state index contributed by atoms with van der Waals surface area (Å²) in [6, 6.07) is 21.9. The lowest BCUT2D eigenvalue weighted by atomic mass is 10.0. The molecule has 1 aromatic heterocycles. The van der Waals surface area contributed by atoms with Crippen molar-refractivity contribution in [2.45, 2.75) is 4.90 Å². The van der Waals surface area contributed by atoms with Gasteiger partial charge in [0.25, 0.3) is 0 Å². The molecule has 0 radical (unpaired) electrons. The Hall–Kier alpha value is -2.45. The number of sulfonamides is 1. The molecule has 0 atom stereocenters. The number of likely N-dealkylation sites (tertiary alicyclic amines) is 1. The standard InChI is InChI=1S/C24H24N2O3S2/c27-31(28,24-17-30-23-11-4-3-9-21(23)24)25-14-18-15-26(16-18)12-13-29-22-10-5-7-19-6-1-2-8-20(19)22/h1-11,17-18,25H,12-16H2. The van der Waals surface area contributed by atoms with Crippen molar-refractivity contribution in [1.29, 1.82) is 0 Å². The minimum absolute atomic E-state index is 0.331. The molecule has 5 nitrogen and oxygen atoms in total. The van der Waals surface area contributed by atoms with Crippen LogP contribution in [0.4, 0.5) is 0 Å². The van der Waals surface area contributed by atoms with Crippen LogP contribution in [0, 0.1) is 5.92 Å². The topological polar surface area (TPSA) is 58.6 Å². The Bertz CT molecular complexity index is 1310. The minimum Gasteiger partial charge on any atom is -0.492 e. The first-order chi connectivity index (χ1) is 15.1. The molecule has 5 rings (SSSR count). The first-order valence-corrected chi connectivity index (χ1v) is 12.8. The fourth-order valence-electron chi connectivity index (χ4n) is 4.06. The van der Waals surface area contributed by atoms with Crippen molar-refractivity contribution in [3.8, 4) is 5.75 Å². The second-order valence-corrected chi connectivity index (χ2v) is 10.5. The van der Waals surface area contributed by atoms with Gasteiger partial charge in [0.05, 0.1) is 0 Å². The summed E-state index contributed by atoms with van der Waals surface area (Å²) in [5.41, 5.74) is 0. The largest absolute Gasteiger partial charge is 0.492 e. The van der Waals surface area contributed by atoms with Crippen molar-refractivity contribution in [1.82, 2.24) is 9.62 Å². The molecule has 0 saturated carbocycles. The Labute approximate surface area is 186 Å². The Kier molecular flexibility index (Phi) is 5.67. The fraction of sp³-hybridized carbons (Fsp3) is 0.250. The molecule has 0 spiro atoms. The molecule has 0 bridgehead atoms. The maximum absolute atomic E-state index is 12.7. The summed E-state index contributed by atoms with van der Waals surface area (Å²) in [5.74, 6) is 1.24. The summed E-state index contributed by atoms with van der Waals surface area (Å²) in [6.07, 6.45) is 0. The number of fused-ring (bicyclic) bond motifs is 2. The Morgan fingerprint density at radius 1 is 0.968 bits per heavy atom. The zero-order chi connectivity index (χ0) is 21.3. The predicted molar refractivity (Wildman–Crippen MR) is 126 cm³/mol.